The summed E-state index contributed by atoms with van der Waals surface area (Å²) in [5.41, 5.74) is 1.08. The van der Waals surface area contributed by atoms with Crippen molar-refractivity contribution in [3.05, 3.63) is 22.4 Å². The number of hydrogen-bond donors (Lipinski definition) is 0. The number of thioether (sulfide) groups is 1. The minimum Gasteiger partial charge on any atom is -0.464 e. The summed E-state index contributed by atoms with van der Waals surface area (Å²) in [6.07, 6.45) is 1.57. The first kappa shape index (κ1) is 18.4. The molecule has 1 unspecified atom stereocenters. The molecule has 7 nitrogen and oxygen atoms in total. The zero-order chi connectivity index (χ0) is 17.7. The molecule has 0 aromatic rings. The van der Waals surface area contributed by atoms with E-state index in [-0.39, 0.29) is 26.2 Å². The van der Waals surface area contributed by atoms with Crippen molar-refractivity contribution in [2.45, 2.75) is 33.2 Å². The van der Waals surface area contributed by atoms with Gasteiger partial charge in [-0.1, -0.05) is 0 Å². The predicted octanol–water partition coefficient (Wildman–Crippen LogP) is 1.59. The Labute approximate surface area is 145 Å². The van der Waals surface area contributed by atoms with Gasteiger partial charge >= 0.3 is 17.9 Å². The number of esters is 3. The van der Waals surface area contributed by atoms with Crippen molar-refractivity contribution in [1.82, 2.24) is 4.90 Å². The minimum absolute atomic E-state index is 0.208. The van der Waals surface area contributed by atoms with Crippen LogP contribution in [0.1, 0.15) is 27.2 Å². The highest BCUT2D eigenvalue weighted by atomic mass is 32.2. The van der Waals surface area contributed by atoms with Crippen molar-refractivity contribution in [2.75, 3.05) is 25.6 Å². The second-order valence-corrected chi connectivity index (χ2v) is 5.99. The lowest BCUT2D eigenvalue weighted by Crippen LogP contribution is -2.35. The van der Waals surface area contributed by atoms with Crippen LogP contribution in [0.2, 0.25) is 0 Å². The van der Waals surface area contributed by atoms with Gasteiger partial charge in [0.05, 0.1) is 30.4 Å². The third-order valence-corrected chi connectivity index (χ3v) is 4.66. The second-order valence-electron chi connectivity index (χ2n) is 5.02. The average molecular weight is 355 g/mol. The quantitative estimate of drug-likeness (QED) is 0.404. The monoisotopic (exact) mass is 355 g/mol. The standard InChI is InChI=1S/C16H21NO6S/c1-4-21-13(18)7-10-9-24-14-11(15(19)22-5-2)8-12(17(10)14)16(20)23-6-3/h7,12H,4-6,8-9H2,1-3H3. The molecule has 0 bridgehead atoms. The number of carbonyl (C=O) groups is 3. The largest absolute Gasteiger partial charge is 0.464 e. The zero-order valence-electron chi connectivity index (χ0n) is 14.0. The Morgan fingerprint density at radius 3 is 2.42 bits per heavy atom. The van der Waals surface area contributed by atoms with Crippen LogP contribution in [0, 0.1) is 0 Å². The maximum atomic E-state index is 12.3. The third kappa shape index (κ3) is 3.75. The van der Waals surface area contributed by atoms with Crippen LogP contribution in [0.15, 0.2) is 22.4 Å². The molecule has 2 heterocycles. The summed E-state index contributed by atoms with van der Waals surface area (Å²) in [7, 11) is 0. The average Bonchev–Trinajstić information content (AvgIpc) is 3.09. The van der Waals surface area contributed by atoms with Gasteiger partial charge in [-0.2, -0.15) is 0 Å². The molecule has 0 aliphatic carbocycles. The maximum absolute atomic E-state index is 12.3. The Bertz CT molecular complexity index is 597. The van der Waals surface area contributed by atoms with E-state index in [0.29, 0.717) is 22.1 Å². The van der Waals surface area contributed by atoms with E-state index in [1.165, 1.54) is 17.8 Å². The van der Waals surface area contributed by atoms with Crippen molar-refractivity contribution < 1.29 is 28.6 Å². The Balaban J connectivity index is 2.32. The van der Waals surface area contributed by atoms with Crippen LogP contribution in [0.25, 0.3) is 0 Å². The molecule has 1 atom stereocenters. The third-order valence-electron chi connectivity index (χ3n) is 3.50. The van der Waals surface area contributed by atoms with Crippen molar-refractivity contribution in [1.29, 1.82) is 0 Å². The molecule has 2 aliphatic rings. The van der Waals surface area contributed by atoms with Gasteiger partial charge in [-0.25, -0.2) is 14.4 Å². The van der Waals surface area contributed by atoms with Crippen LogP contribution >= 0.6 is 11.8 Å². The number of ether oxygens (including phenoxy) is 3. The van der Waals surface area contributed by atoms with Crippen LogP contribution in [-0.4, -0.2) is 54.4 Å². The fourth-order valence-electron chi connectivity index (χ4n) is 2.61. The second kappa shape index (κ2) is 8.23. The lowest BCUT2D eigenvalue weighted by Gasteiger charge is -2.23. The van der Waals surface area contributed by atoms with E-state index in [4.69, 9.17) is 14.2 Å². The van der Waals surface area contributed by atoms with E-state index in [1.807, 2.05) is 0 Å². The molecule has 2 aliphatic heterocycles. The summed E-state index contributed by atoms with van der Waals surface area (Å²) in [5.74, 6) is -0.852. The van der Waals surface area contributed by atoms with Gasteiger partial charge in [-0.3, -0.25) is 0 Å². The molecule has 24 heavy (non-hydrogen) atoms. The topological polar surface area (TPSA) is 82.1 Å². The number of nitrogens with zero attached hydrogens (tertiary/aromatic N) is 1. The lowest BCUT2D eigenvalue weighted by atomic mass is 10.1. The Hall–Kier alpha value is -1.96. The van der Waals surface area contributed by atoms with Crippen molar-refractivity contribution in [3.63, 3.8) is 0 Å². The van der Waals surface area contributed by atoms with Gasteiger partial charge < -0.3 is 19.1 Å². The fourth-order valence-corrected chi connectivity index (χ4v) is 3.84. The molecule has 8 heteroatoms. The minimum atomic E-state index is -0.657. The summed E-state index contributed by atoms with van der Waals surface area (Å²) in [6, 6.07) is -0.657. The highest BCUT2D eigenvalue weighted by Gasteiger charge is 2.45. The van der Waals surface area contributed by atoms with Gasteiger partial charge in [0.2, 0.25) is 0 Å². The number of rotatable bonds is 6. The number of hydrogen-bond acceptors (Lipinski definition) is 8. The fraction of sp³-hybridized carbons (Fsp3) is 0.562. The summed E-state index contributed by atoms with van der Waals surface area (Å²) < 4.78 is 15.1. The molecule has 0 aromatic carbocycles. The highest BCUT2D eigenvalue weighted by Crippen LogP contribution is 2.46. The molecule has 0 saturated carbocycles. The van der Waals surface area contributed by atoms with E-state index in [2.05, 4.69) is 0 Å². The summed E-state index contributed by atoms with van der Waals surface area (Å²) in [6.45, 7) is 5.95. The molecule has 0 spiro atoms. The van der Waals surface area contributed by atoms with Crippen LogP contribution in [0.3, 0.4) is 0 Å². The predicted molar refractivity (Wildman–Crippen MR) is 87.7 cm³/mol. The molecule has 132 valence electrons. The first-order valence-corrected chi connectivity index (χ1v) is 8.88. The van der Waals surface area contributed by atoms with Crippen LogP contribution in [-0.2, 0) is 28.6 Å². The Morgan fingerprint density at radius 1 is 1.12 bits per heavy atom. The van der Waals surface area contributed by atoms with Crippen molar-refractivity contribution in [3.8, 4) is 0 Å². The Morgan fingerprint density at radius 2 is 1.79 bits per heavy atom. The van der Waals surface area contributed by atoms with Crippen molar-refractivity contribution in [2.24, 2.45) is 0 Å². The van der Waals surface area contributed by atoms with E-state index in [9.17, 15) is 14.4 Å². The normalized spacial score (nSPS) is 21.0. The van der Waals surface area contributed by atoms with Gasteiger partial charge in [0, 0.05) is 23.9 Å². The summed E-state index contributed by atoms with van der Waals surface area (Å²) >= 11 is 1.40. The molecular formula is C16H21NO6S. The first-order valence-electron chi connectivity index (χ1n) is 7.89. The van der Waals surface area contributed by atoms with Crippen LogP contribution < -0.4 is 0 Å². The van der Waals surface area contributed by atoms with Gasteiger partial charge in [-0.05, 0) is 20.8 Å². The molecule has 1 fully saturated rings. The molecule has 1 saturated heterocycles. The lowest BCUT2D eigenvalue weighted by molar-refractivity contribution is -0.147. The van der Waals surface area contributed by atoms with E-state index in [0.717, 1.165) is 0 Å². The SMILES string of the molecule is CCOC(=O)C=C1CSC2=C(C(=O)OCC)CC(C(=O)OCC)N12. The van der Waals surface area contributed by atoms with E-state index < -0.39 is 23.9 Å². The summed E-state index contributed by atoms with van der Waals surface area (Å²) in [4.78, 5) is 37.9. The van der Waals surface area contributed by atoms with Gasteiger partial charge in [0.15, 0.2) is 0 Å². The van der Waals surface area contributed by atoms with E-state index >= 15 is 0 Å². The molecule has 2 rings (SSSR count). The highest BCUT2D eigenvalue weighted by molar-refractivity contribution is 8.03. The molecule has 0 aromatic heterocycles. The molecular weight excluding hydrogens is 334 g/mol. The molecule has 0 radical (unpaired) electrons. The van der Waals surface area contributed by atoms with Crippen molar-refractivity contribution >= 4 is 29.7 Å². The first-order chi connectivity index (χ1) is 11.5. The zero-order valence-corrected chi connectivity index (χ0v) is 14.8. The van der Waals surface area contributed by atoms with Gasteiger partial charge in [-0.15, -0.1) is 11.8 Å². The molecule has 0 amide bonds. The van der Waals surface area contributed by atoms with E-state index in [1.54, 1.807) is 25.7 Å². The van der Waals surface area contributed by atoms with Crippen LogP contribution in [0.4, 0.5) is 0 Å². The number of fused-ring (bicyclic) bond motifs is 1. The summed E-state index contributed by atoms with van der Waals surface area (Å²) in [5, 5.41) is 0.655. The van der Waals surface area contributed by atoms with Crippen LogP contribution in [0.5, 0.6) is 0 Å². The maximum Gasteiger partial charge on any atom is 0.336 e. The number of carbonyl (C=O) groups excluding carboxylic acids is 3. The van der Waals surface area contributed by atoms with Gasteiger partial charge in [0.1, 0.15) is 6.04 Å². The smallest absolute Gasteiger partial charge is 0.336 e. The Kier molecular flexibility index (Phi) is 6.30. The van der Waals surface area contributed by atoms with Gasteiger partial charge in [0.25, 0.3) is 0 Å². The molecule has 0 N–H and O–H groups in total.